The van der Waals surface area contributed by atoms with Crippen LogP contribution in [-0.2, 0) is 6.42 Å². The molecule has 0 aliphatic rings. The highest BCUT2D eigenvalue weighted by Crippen LogP contribution is 2.21. The van der Waals surface area contributed by atoms with Gasteiger partial charge in [-0.05, 0) is 18.1 Å². The summed E-state index contributed by atoms with van der Waals surface area (Å²) < 4.78 is 13.7. The van der Waals surface area contributed by atoms with Crippen molar-refractivity contribution in [1.29, 1.82) is 0 Å². The molecule has 0 amide bonds. The molecule has 1 aromatic heterocycles. The molecule has 0 bridgehead atoms. The zero-order chi connectivity index (χ0) is 14.0. The molecule has 1 aromatic carbocycles. The molecule has 0 saturated carbocycles. The van der Waals surface area contributed by atoms with E-state index >= 15 is 0 Å². The van der Waals surface area contributed by atoms with Gasteiger partial charge < -0.3 is 4.98 Å². The van der Waals surface area contributed by atoms with Crippen molar-refractivity contribution in [3.05, 3.63) is 62.5 Å². The van der Waals surface area contributed by atoms with Gasteiger partial charge in [-0.25, -0.2) is 9.37 Å². The molecule has 5 heteroatoms. The summed E-state index contributed by atoms with van der Waals surface area (Å²) in [7, 11) is 0. The number of nitrogens with one attached hydrogen (secondary N) is 1. The Morgan fingerprint density at radius 3 is 2.79 bits per heavy atom. The standard InChI is InChI=1S/C14H14ClFN2O/c1-8(2)12-7-14(19)18-13(17-12)6-9-10(15)4-3-5-11(9)16/h3-5,7-8H,6H2,1-2H3,(H,17,18,19). The quantitative estimate of drug-likeness (QED) is 0.938. The van der Waals surface area contributed by atoms with E-state index in [0.29, 0.717) is 22.1 Å². The van der Waals surface area contributed by atoms with Crippen LogP contribution in [0.25, 0.3) is 0 Å². The Labute approximate surface area is 115 Å². The maximum Gasteiger partial charge on any atom is 0.251 e. The first-order valence-electron chi connectivity index (χ1n) is 6.00. The Morgan fingerprint density at radius 2 is 2.16 bits per heavy atom. The predicted octanol–water partition coefficient (Wildman–Crippen LogP) is 3.28. The van der Waals surface area contributed by atoms with Crippen LogP contribution in [-0.4, -0.2) is 9.97 Å². The van der Waals surface area contributed by atoms with E-state index in [4.69, 9.17) is 11.6 Å². The van der Waals surface area contributed by atoms with Crippen LogP contribution in [0.2, 0.25) is 5.02 Å². The van der Waals surface area contributed by atoms with Crippen molar-refractivity contribution in [2.24, 2.45) is 0 Å². The van der Waals surface area contributed by atoms with E-state index in [-0.39, 0.29) is 17.9 Å². The van der Waals surface area contributed by atoms with Crippen molar-refractivity contribution in [2.45, 2.75) is 26.2 Å². The summed E-state index contributed by atoms with van der Waals surface area (Å²) in [6, 6.07) is 5.95. The van der Waals surface area contributed by atoms with Crippen molar-refractivity contribution in [3.63, 3.8) is 0 Å². The minimum Gasteiger partial charge on any atom is -0.310 e. The van der Waals surface area contributed by atoms with E-state index in [1.165, 1.54) is 12.1 Å². The molecule has 2 aromatic rings. The van der Waals surface area contributed by atoms with E-state index < -0.39 is 5.82 Å². The lowest BCUT2D eigenvalue weighted by atomic mass is 10.1. The fourth-order valence-electron chi connectivity index (χ4n) is 1.78. The Morgan fingerprint density at radius 1 is 1.42 bits per heavy atom. The zero-order valence-electron chi connectivity index (χ0n) is 10.7. The minimum atomic E-state index is -0.398. The van der Waals surface area contributed by atoms with Gasteiger partial charge in [0.2, 0.25) is 0 Å². The van der Waals surface area contributed by atoms with Gasteiger partial charge in [-0.2, -0.15) is 0 Å². The average molecular weight is 281 g/mol. The van der Waals surface area contributed by atoms with Crippen molar-refractivity contribution in [1.82, 2.24) is 9.97 Å². The molecule has 0 radical (unpaired) electrons. The Hall–Kier alpha value is -1.68. The number of benzene rings is 1. The maximum atomic E-state index is 13.7. The van der Waals surface area contributed by atoms with E-state index in [1.54, 1.807) is 12.1 Å². The van der Waals surface area contributed by atoms with Crippen LogP contribution >= 0.6 is 11.6 Å². The van der Waals surface area contributed by atoms with Crippen LogP contribution < -0.4 is 5.56 Å². The summed E-state index contributed by atoms with van der Waals surface area (Å²) in [5, 5.41) is 0.331. The third-order valence-electron chi connectivity index (χ3n) is 2.81. The maximum absolute atomic E-state index is 13.7. The molecular formula is C14H14ClFN2O. The topological polar surface area (TPSA) is 45.8 Å². The molecule has 1 N–H and O–H groups in total. The van der Waals surface area contributed by atoms with Crippen LogP contribution in [0.15, 0.2) is 29.1 Å². The molecule has 0 aliphatic carbocycles. The number of aromatic nitrogens is 2. The molecule has 0 fully saturated rings. The Kier molecular flexibility index (Phi) is 4.00. The van der Waals surface area contributed by atoms with Crippen molar-refractivity contribution in [3.8, 4) is 0 Å². The summed E-state index contributed by atoms with van der Waals surface area (Å²) in [5.74, 6) is 0.158. The van der Waals surface area contributed by atoms with Crippen LogP contribution in [0.3, 0.4) is 0 Å². The van der Waals surface area contributed by atoms with E-state index in [2.05, 4.69) is 9.97 Å². The first-order valence-corrected chi connectivity index (χ1v) is 6.38. The molecule has 0 saturated heterocycles. The van der Waals surface area contributed by atoms with Gasteiger partial charge in [0.25, 0.3) is 5.56 Å². The van der Waals surface area contributed by atoms with Crippen molar-refractivity contribution >= 4 is 11.6 Å². The van der Waals surface area contributed by atoms with Crippen LogP contribution in [0.5, 0.6) is 0 Å². The second-order valence-corrected chi connectivity index (χ2v) is 5.06. The monoisotopic (exact) mass is 280 g/mol. The second kappa shape index (κ2) is 5.53. The van der Waals surface area contributed by atoms with Crippen LogP contribution in [0.1, 0.15) is 36.8 Å². The lowest BCUT2D eigenvalue weighted by molar-refractivity contribution is 0.611. The summed E-state index contributed by atoms with van der Waals surface area (Å²) in [5.41, 5.74) is 0.792. The van der Waals surface area contributed by atoms with E-state index in [9.17, 15) is 9.18 Å². The molecular weight excluding hydrogens is 267 g/mol. The fraction of sp³-hybridized carbons (Fsp3) is 0.286. The molecule has 1 heterocycles. The van der Waals surface area contributed by atoms with E-state index in [1.807, 2.05) is 13.8 Å². The summed E-state index contributed by atoms with van der Waals surface area (Å²) >= 11 is 5.96. The molecule has 100 valence electrons. The average Bonchev–Trinajstić information content (AvgIpc) is 2.33. The first-order chi connectivity index (χ1) is 8.97. The number of aromatic amines is 1. The van der Waals surface area contributed by atoms with E-state index in [0.717, 1.165) is 0 Å². The minimum absolute atomic E-state index is 0.136. The van der Waals surface area contributed by atoms with Crippen LogP contribution in [0.4, 0.5) is 4.39 Å². The highest BCUT2D eigenvalue weighted by molar-refractivity contribution is 6.31. The normalized spacial score (nSPS) is 11.0. The molecule has 3 nitrogen and oxygen atoms in total. The van der Waals surface area contributed by atoms with Gasteiger partial charge >= 0.3 is 0 Å². The highest BCUT2D eigenvalue weighted by Gasteiger charge is 2.11. The number of halogens is 2. The molecule has 0 spiro atoms. The lowest BCUT2D eigenvalue weighted by Crippen LogP contribution is -2.14. The zero-order valence-corrected chi connectivity index (χ0v) is 11.5. The summed E-state index contributed by atoms with van der Waals surface area (Å²) in [6.45, 7) is 3.89. The second-order valence-electron chi connectivity index (χ2n) is 4.65. The number of hydrogen-bond donors (Lipinski definition) is 1. The molecule has 0 atom stereocenters. The van der Waals surface area contributed by atoms with Gasteiger partial charge in [-0.15, -0.1) is 0 Å². The number of nitrogens with zero attached hydrogens (tertiary/aromatic N) is 1. The predicted molar refractivity (Wildman–Crippen MR) is 73.2 cm³/mol. The summed E-state index contributed by atoms with van der Waals surface area (Å²) in [4.78, 5) is 18.5. The van der Waals surface area contributed by atoms with Crippen molar-refractivity contribution in [2.75, 3.05) is 0 Å². The Balaban J connectivity index is 2.41. The van der Waals surface area contributed by atoms with Gasteiger partial charge in [0.05, 0.1) is 5.69 Å². The molecule has 19 heavy (non-hydrogen) atoms. The smallest absolute Gasteiger partial charge is 0.251 e. The van der Waals surface area contributed by atoms with Crippen LogP contribution in [0, 0.1) is 5.82 Å². The molecule has 2 rings (SSSR count). The van der Waals surface area contributed by atoms with Crippen molar-refractivity contribution < 1.29 is 4.39 Å². The third-order valence-corrected chi connectivity index (χ3v) is 3.16. The van der Waals surface area contributed by atoms with Gasteiger partial charge in [0.15, 0.2) is 0 Å². The molecule has 0 unspecified atom stereocenters. The van der Waals surface area contributed by atoms with Gasteiger partial charge in [-0.3, -0.25) is 4.79 Å². The Bertz CT molecular complexity index is 632. The number of hydrogen-bond acceptors (Lipinski definition) is 2. The van der Waals surface area contributed by atoms with Gasteiger partial charge in [-0.1, -0.05) is 31.5 Å². The molecule has 0 aliphatic heterocycles. The fourth-order valence-corrected chi connectivity index (χ4v) is 2.01. The number of H-pyrrole nitrogens is 1. The van der Waals surface area contributed by atoms with Gasteiger partial charge in [0, 0.05) is 23.1 Å². The van der Waals surface area contributed by atoms with Gasteiger partial charge in [0.1, 0.15) is 11.6 Å². The number of rotatable bonds is 3. The largest absolute Gasteiger partial charge is 0.310 e. The lowest BCUT2D eigenvalue weighted by Gasteiger charge is -2.08. The summed E-state index contributed by atoms with van der Waals surface area (Å²) in [6.07, 6.45) is 0.168. The SMILES string of the molecule is CC(C)c1cc(=O)[nH]c(Cc2c(F)cccc2Cl)n1. The highest BCUT2D eigenvalue weighted by atomic mass is 35.5. The first kappa shape index (κ1) is 13.7. The third kappa shape index (κ3) is 3.20.